The van der Waals surface area contributed by atoms with Crippen molar-refractivity contribution in [2.75, 3.05) is 0 Å². The van der Waals surface area contributed by atoms with E-state index in [4.69, 9.17) is 20.4 Å². The minimum Gasteiger partial charge on any atom is -0.481 e. The van der Waals surface area contributed by atoms with Crippen LogP contribution in [0.15, 0.2) is 36.5 Å². The molecular weight excluding hydrogens is 844 g/mol. The summed E-state index contributed by atoms with van der Waals surface area (Å²) in [7, 11) is 0. The van der Waals surface area contributed by atoms with Crippen molar-refractivity contribution in [2.45, 2.75) is 310 Å². The molecular formula is C57H110O7Ti. The number of rotatable bonds is 45. The third kappa shape index (κ3) is 93.2. The normalized spacial score (nSPS) is 10.9. The van der Waals surface area contributed by atoms with E-state index in [1.54, 1.807) is 13.8 Å². The van der Waals surface area contributed by atoms with E-state index in [9.17, 15) is 14.4 Å². The first-order valence-corrected chi connectivity index (χ1v) is 27.3. The third-order valence-electron chi connectivity index (χ3n) is 11.0. The maximum atomic E-state index is 10.3. The Morgan fingerprint density at radius 3 is 0.600 bits per heavy atom. The van der Waals surface area contributed by atoms with Crippen molar-refractivity contribution in [3.8, 4) is 0 Å². The van der Waals surface area contributed by atoms with Crippen LogP contribution < -0.4 is 0 Å². The van der Waals surface area contributed by atoms with Gasteiger partial charge in [-0.1, -0.05) is 211 Å². The fourth-order valence-electron chi connectivity index (χ4n) is 7.04. The quantitative estimate of drug-likeness (QED) is 0.0271. The smallest absolute Gasteiger partial charge is 0.303 e. The molecule has 0 aliphatic heterocycles. The molecule has 0 spiro atoms. The van der Waals surface area contributed by atoms with Crippen LogP contribution in [0.5, 0.6) is 0 Å². The number of carboxylic acid groups (broad SMARTS) is 3. The van der Waals surface area contributed by atoms with Crippen LogP contribution in [0.25, 0.3) is 0 Å². The minimum absolute atomic E-state index is 0. The Balaban J connectivity index is -0.000000263. The van der Waals surface area contributed by atoms with Gasteiger partial charge in [0.25, 0.3) is 0 Å². The van der Waals surface area contributed by atoms with Crippen molar-refractivity contribution >= 4 is 17.9 Å². The molecule has 0 saturated carbocycles. The summed E-state index contributed by atoms with van der Waals surface area (Å²) in [6.45, 7) is 10.2. The predicted octanol–water partition coefficient (Wildman–Crippen LogP) is 18.7. The van der Waals surface area contributed by atoms with Gasteiger partial charge in [0, 0.05) is 47.1 Å². The predicted molar refractivity (Wildman–Crippen MR) is 279 cm³/mol. The molecule has 0 rings (SSSR count). The second-order valence-corrected chi connectivity index (χ2v) is 18.3. The summed E-state index contributed by atoms with van der Waals surface area (Å²) in [4.78, 5) is 31.0. The zero-order valence-corrected chi connectivity index (χ0v) is 45.3. The second-order valence-electron chi connectivity index (χ2n) is 18.3. The first-order valence-electron chi connectivity index (χ1n) is 27.3. The molecule has 4 N–H and O–H groups in total. The Kier molecular flexibility index (Phi) is 76.6. The van der Waals surface area contributed by atoms with Crippen molar-refractivity contribution in [3.63, 3.8) is 0 Å². The molecule has 7 nitrogen and oxygen atoms in total. The fraction of sp³-hybridized carbons (Fsp3) is 0.842. The molecule has 0 fully saturated rings. The fourth-order valence-corrected chi connectivity index (χ4v) is 7.04. The Morgan fingerprint density at radius 1 is 0.308 bits per heavy atom. The van der Waals surface area contributed by atoms with E-state index < -0.39 is 17.9 Å². The molecule has 0 aromatic carbocycles. The summed E-state index contributed by atoms with van der Waals surface area (Å²) in [6.07, 6.45) is 63.6. The van der Waals surface area contributed by atoms with Gasteiger partial charge in [-0.2, -0.15) is 0 Å². The molecule has 0 saturated heterocycles. The van der Waals surface area contributed by atoms with Gasteiger partial charge in [0.1, 0.15) is 0 Å². The largest absolute Gasteiger partial charge is 0.481 e. The Morgan fingerprint density at radius 2 is 0.446 bits per heavy atom. The Bertz CT molecular complexity index is 872. The van der Waals surface area contributed by atoms with Crippen molar-refractivity contribution in [1.29, 1.82) is 0 Å². The number of aliphatic carboxylic acids is 3. The maximum Gasteiger partial charge on any atom is 0.303 e. The maximum absolute atomic E-state index is 10.3. The summed E-state index contributed by atoms with van der Waals surface area (Å²) in [6, 6.07) is 0. The number of aliphatic hydroxyl groups excluding tert-OH is 1. The van der Waals surface area contributed by atoms with Gasteiger partial charge in [0.05, 0.1) is 0 Å². The molecule has 0 atom stereocenters. The molecule has 8 heteroatoms. The van der Waals surface area contributed by atoms with Gasteiger partial charge in [-0.15, -0.1) is 0 Å². The number of unbranched alkanes of at least 4 members (excludes halogenated alkanes) is 33. The Hall–Kier alpha value is -1.70. The van der Waals surface area contributed by atoms with Gasteiger partial charge in [-0.25, -0.2) is 0 Å². The first kappa shape index (κ1) is 72.3. The molecule has 0 aromatic heterocycles. The van der Waals surface area contributed by atoms with E-state index in [0.29, 0.717) is 19.3 Å². The first-order chi connectivity index (χ1) is 31.0. The second kappa shape index (κ2) is 68.9. The minimum atomic E-state index is -0.664. The molecule has 65 heavy (non-hydrogen) atoms. The summed E-state index contributed by atoms with van der Waals surface area (Å²) in [5, 5.41) is 33.6. The van der Waals surface area contributed by atoms with Crippen LogP contribution in [0.2, 0.25) is 0 Å². The van der Waals surface area contributed by atoms with Crippen LogP contribution in [0, 0.1) is 0 Å². The van der Waals surface area contributed by atoms with Crippen LogP contribution in [0.3, 0.4) is 0 Å². The van der Waals surface area contributed by atoms with E-state index in [0.717, 1.165) is 38.5 Å². The number of hydrogen-bond donors (Lipinski definition) is 4. The molecule has 0 aromatic rings. The van der Waals surface area contributed by atoms with Gasteiger partial charge < -0.3 is 20.4 Å². The van der Waals surface area contributed by atoms with E-state index in [1.807, 2.05) is 0 Å². The van der Waals surface area contributed by atoms with E-state index >= 15 is 0 Å². The SMILES string of the molecule is CC(C)O.CCCCCCCC/C=C/CCCCCCCC(=O)O.CCCCCCCC/C=C/CCCCCCCC(=O)O.CCCCCCCC/C=C/CCCCCCCC(=O)O.[Ti]. The molecule has 0 bridgehead atoms. The van der Waals surface area contributed by atoms with E-state index in [1.165, 1.54) is 212 Å². The number of carboxylic acids is 3. The molecule has 0 radical (unpaired) electrons. The van der Waals surface area contributed by atoms with Crippen LogP contribution >= 0.6 is 0 Å². The average Bonchev–Trinajstić information content (AvgIpc) is 3.25. The van der Waals surface area contributed by atoms with Crippen LogP contribution in [0.1, 0.15) is 304 Å². The van der Waals surface area contributed by atoms with Crippen LogP contribution in [0.4, 0.5) is 0 Å². The number of aliphatic hydroxyl groups is 1. The third-order valence-corrected chi connectivity index (χ3v) is 11.0. The number of allylic oxidation sites excluding steroid dienone is 6. The van der Waals surface area contributed by atoms with Crippen LogP contribution in [-0.4, -0.2) is 44.4 Å². The Labute approximate surface area is 419 Å². The molecule has 0 unspecified atom stereocenters. The van der Waals surface area contributed by atoms with Crippen molar-refractivity contribution in [1.82, 2.24) is 0 Å². The van der Waals surface area contributed by atoms with E-state index in [-0.39, 0.29) is 27.8 Å². The summed E-state index contributed by atoms with van der Waals surface area (Å²) in [5.74, 6) is -1.99. The van der Waals surface area contributed by atoms with Crippen molar-refractivity contribution in [3.05, 3.63) is 36.5 Å². The summed E-state index contributed by atoms with van der Waals surface area (Å²) < 4.78 is 0. The average molecular weight is 955 g/mol. The van der Waals surface area contributed by atoms with Gasteiger partial charge in [-0.3, -0.25) is 14.4 Å². The monoisotopic (exact) mass is 955 g/mol. The van der Waals surface area contributed by atoms with Crippen LogP contribution in [-0.2, 0) is 36.1 Å². The topological polar surface area (TPSA) is 132 Å². The molecule has 384 valence electrons. The van der Waals surface area contributed by atoms with Gasteiger partial charge in [0.15, 0.2) is 0 Å². The van der Waals surface area contributed by atoms with Crippen molar-refractivity contribution in [2.24, 2.45) is 0 Å². The van der Waals surface area contributed by atoms with Gasteiger partial charge >= 0.3 is 17.9 Å². The summed E-state index contributed by atoms with van der Waals surface area (Å²) >= 11 is 0. The van der Waals surface area contributed by atoms with Gasteiger partial charge in [0.2, 0.25) is 0 Å². The molecule has 0 aliphatic carbocycles. The van der Waals surface area contributed by atoms with Crippen molar-refractivity contribution < 1.29 is 56.5 Å². The van der Waals surface area contributed by atoms with Gasteiger partial charge in [-0.05, 0) is 110 Å². The molecule has 0 heterocycles. The summed E-state index contributed by atoms with van der Waals surface area (Å²) in [5.41, 5.74) is 0. The van der Waals surface area contributed by atoms with E-state index in [2.05, 4.69) is 57.2 Å². The number of hydrogen-bond acceptors (Lipinski definition) is 4. The zero-order valence-electron chi connectivity index (χ0n) is 43.8. The number of carbonyl (C=O) groups is 3. The zero-order chi connectivity index (χ0) is 48.3. The standard InChI is InChI=1S/3C18H34O2.C3H8O.Ti/c3*1-2-3-4-5-6-7-8-9-10-11-12-13-14-15-16-17-18(19)20;1-3(2)4;/h3*9-10H,2-8,11-17H2,1H3,(H,19,20);3-4H,1-2H3;/b3*10-9+;;. The molecule has 0 aliphatic rings. The molecule has 0 amide bonds.